The zero-order valence-corrected chi connectivity index (χ0v) is 13.8. The topological polar surface area (TPSA) is 69.4 Å². The zero-order valence-electron chi connectivity index (χ0n) is 13.8. The predicted molar refractivity (Wildman–Crippen MR) is 88.1 cm³/mol. The molecule has 0 saturated heterocycles. The number of esters is 1. The monoisotopic (exact) mass is 315 g/mol. The van der Waals surface area contributed by atoms with Crippen molar-refractivity contribution in [2.75, 3.05) is 6.61 Å². The van der Waals surface area contributed by atoms with Gasteiger partial charge in [0.05, 0.1) is 16.9 Å². The van der Waals surface area contributed by atoms with Crippen molar-refractivity contribution in [3.8, 4) is 0 Å². The number of nitrogens with zero attached hydrogens (tertiary/aromatic N) is 1. The molecular weight excluding hydrogens is 294 g/mol. The van der Waals surface area contributed by atoms with Crippen molar-refractivity contribution in [1.29, 1.82) is 0 Å². The SMILES string of the molecule is CCOC(=O)[C@]1(C)C=C(C)C=C(C)C1c1ccc([N+](=O)[O-])cc1. The van der Waals surface area contributed by atoms with E-state index in [-0.39, 0.29) is 17.6 Å². The van der Waals surface area contributed by atoms with Crippen LogP contribution in [0.1, 0.15) is 39.2 Å². The molecule has 1 aliphatic carbocycles. The van der Waals surface area contributed by atoms with Gasteiger partial charge in [0.2, 0.25) is 0 Å². The van der Waals surface area contributed by atoms with E-state index in [9.17, 15) is 14.9 Å². The van der Waals surface area contributed by atoms with Crippen LogP contribution in [-0.4, -0.2) is 17.5 Å². The molecule has 0 N–H and O–H groups in total. The van der Waals surface area contributed by atoms with Crippen molar-refractivity contribution < 1.29 is 14.5 Å². The minimum atomic E-state index is -0.824. The van der Waals surface area contributed by atoms with Gasteiger partial charge in [-0.3, -0.25) is 14.9 Å². The van der Waals surface area contributed by atoms with E-state index in [4.69, 9.17) is 4.74 Å². The van der Waals surface area contributed by atoms with Gasteiger partial charge >= 0.3 is 5.97 Å². The van der Waals surface area contributed by atoms with Crippen molar-refractivity contribution in [3.63, 3.8) is 0 Å². The number of non-ortho nitro benzene ring substituents is 1. The Morgan fingerprint density at radius 3 is 2.43 bits per heavy atom. The molecule has 0 spiro atoms. The largest absolute Gasteiger partial charge is 0.465 e. The van der Waals surface area contributed by atoms with Gasteiger partial charge in [-0.05, 0) is 33.3 Å². The summed E-state index contributed by atoms with van der Waals surface area (Å²) in [6.07, 6.45) is 3.96. The third-order valence-electron chi connectivity index (χ3n) is 4.19. The van der Waals surface area contributed by atoms with Crippen LogP contribution in [0.2, 0.25) is 0 Å². The Balaban J connectivity index is 2.49. The molecule has 0 saturated carbocycles. The van der Waals surface area contributed by atoms with Crippen molar-refractivity contribution in [1.82, 2.24) is 0 Å². The maximum absolute atomic E-state index is 12.6. The molecular formula is C18H21NO4. The van der Waals surface area contributed by atoms with Gasteiger partial charge in [0, 0.05) is 18.1 Å². The van der Waals surface area contributed by atoms with E-state index in [0.717, 1.165) is 16.7 Å². The van der Waals surface area contributed by atoms with E-state index in [0.29, 0.717) is 6.61 Å². The molecule has 0 radical (unpaired) electrons. The summed E-state index contributed by atoms with van der Waals surface area (Å²) < 4.78 is 5.28. The molecule has 0 heterocycles. The molecule has 0 aliphatic heterocycles. The average molecular weight is 315 g/mol. The standard InChI is InChI=1S/C18H21NO4/c1-5-23-17(20)18(4)11-12(2)10-13(3)16(18)14-6-8-15(9-7-14)19(21)22/h6-11,16H,5H2,1-4H3/t16?,18-/m1/s1. The molecule has 1 aromatic rings. The summed E-state index contributed by atoms with van der Waals surface area (Å²) in [5.74, 6) is -0.485. The van der Waals surface area contributed by atoms with Crippen LogP contribution >= 0.6 is 0 Å². The number of allylic oxidation sites excluding steroid dienone is 3. The third kappa shape index (κ3) is 3.18. The van der Waals surface area contributed by atoms with Crippen LogP contribution in [0.25, 0.3) is 0 Å². The molecule has 1 aromatic carbocycles. The number of hydrogen-bond acceptors (Lipinski definition) is 4. The van der Waals surface area contributed by atoms with Crippen LogP contribution in [0.5, 0.6) is 0 Å². The fourth-order valence-electron chi connectivity index (χ4n) is 3.37. The molecule has 122 valence electrons. The fraction of sp³-hybridized carbons (Fsp3) is 0.389. The zero-order chi connectivity index (χ0) is 17.2. The van der Waals surface area contributed by atoms with Crippen molar-refractivity contribution >= 4 is 11.7 Å². The summed E-state index contributed by atoms with van der Waals surface area (Å²) in [6, 6.07) is 6.37. The quantitative estimate of drug-likeness (QED) is 0.475. The Kier molecular flexibility index (Phi) is 4.68. The molecule has 2 rings (SSSR count). The number of nitro groups is 1. The number of nitro benzene ring substituents is 1. The molecule has 5 nitrogen and oxygen atoms in total. The lowest BCUT2D eigenvalue weighted by atomic mass is 9.66. The minimum Gasteiger partial charge on any atom is -0.465 e. The Hall–Kier alpha value is -2.43. The third-order valence-corrected chi connectivity index (χ3v) is 4.19. The molecule has 0 bridgehead atoms. The second kappa shape index (κ2) is 6.36. The smallest absolute Gasteiger partial charge is 0.316 e. The first-order chi connectivity index (χ1) is 10.8. The maximum atomic E-state index is 12.6. The van der Waals surface area contributed by atoms with E-state index in [1.54, 1.807) is 19.1 Å². The summed E-state index contributed by atoms with van der Waals surface area (Å²) >= 11 is 0. The first kappa shape index (κ1) is 16.9. The summed E-state index contributed by atoms with van der Waals surface area (Å²) in [4.78, 5) is 23.0. The van der Waals surface area contributed by atoms with Gasteiger partial charge in [-0.25, -0.2) is 0 Å². The van der Waals surface area contributed by atoms with Gasteiger partial charge < -0.3 is 4.74 Å². The highest BCUT2D eigenvalue weighted by molar-refractivity contribution is 5.82. The summed E-state index contributed by atoms with van der Waals surface area (Å²) in [6.45, 7) is 7.88. The highest BCUT2D eigenvalue weighted by atomic mass is 16.6. The van der Waals surface area contributed by atoms with Gasteiger partial charge in [0.25, 0.3) is 5.69 Å². The average Bonchev–Trinajstić information content (AvgIpc) is 2.47. The van der Waals surface area contributed by atoms with Crippen molar-refractivity contribution in [3.05, 3.63) is 63.2 Å². The van der Waals surface area contributed by atoms with Gasteiger partial charge in [0.1, 0.15) is 0 Å². The lowest BCUT2D eigenvalue weighted by Gasteiger charge is -2.37. The number of hydrogen-bond donors (Lipinski definition) is 0. The highest BCUT2D eigenvalue weighted by Crippen LogP contribution is 2.47. The fourth-order valence-corrected chi connectivity index (χ4v) is 3.37. The molecule has 2 atom stereocenters. The molecule has 0 fully saturated rings. The van der Waals surface area contributed by atoms with Gasteiger partial charge in [-0.1, -0.05) is 35.4 Å². The van der Waals surface area contributed by atoms with E-state index >= 15 is 0 Å². The molecule has 1 aliphatic rings. The number of carbonyl (C=O) groups is 1. The second-order valence-electron chi connectivity index (χ2n) is 6.06. The predicted octanol–water partition coefficient (Wildman–Crippen LogP) is 4.15. The molecule has 0 aromatic heterocycles. The normalized spacial score (nSPS) is 23.7. The lowest BCUT2D eigenvalue weighted by Crippen LogP contribution is -2.37. The number of rotatable bonds is 4. The number of carbonyl (C=O) groups excluding carboxylic acids is 1. The van der Waals surface area contributed by atoms with Crippen molar-refractivity contribution in [2.24, 2.45) is 5.41 Å². The van der Waals surface area contributed by atoms with E-state index in [1.807, 2.05) is 32.9 Å². The molecule has 23 heavy (non-hydrogen) atoms. The van der Waals surface area contributed by atoms with E-state index < -0.39 is 10.3 Å². The van der Waals surface area contributed by atoms with Crippen LogP contribution in [0.4, 0.5) is 5.69 Å². The molecule has 0 amide bonds. The van der Waals surface area contributed by atoms with Crippen molar-refractivity contribution in [2.45, 2.75) is 33.6 Å². The van der Waals surface area contributed by atoms with E-state index in [1.165, 1.54) is 12.1 Å². The first-order valence-electron chi connectivity index (χ1n) is 7.58. The van der Waals surface area contributed by atoms with Crippen LogP contribution in [-0.2, 0) is 9.53 Å². The Morgan fingerprint density at radius 1 is 1.30 bits per heavy atom. The Bertz CT molecular complexity index is 687. The van der Waals surface area contributed by atoms with Crippen LogP contribution < -0.4 is 0 Å². The molecule has 5 heteroatoms. The second-order valence-corrected chi connectivity index (χ2v) is 6.06. The van der Waals surface area contributed by atoms with Crippen LogP contribution in [0, 0.1) is 15.5 Å². The summed E-state index contributed by atoms with van der Waals surface area (Å²) in [7, 11) is 0. The first-order valence-corrected chi connectivity index (χ1v) is 7.58. The molecule has 1 unspecified atom stereocenters. The highest BCUT2D eigenvalue weighted by Gasteiger charge is 2.44. The lowest BCUT2D eigenvalue weighted by molar-refractivity contribution is -0.384. The van der Waals surface area contributed by atoms with E-state index in [2.05, 4.69) is 0 Å². The van der Waals surface area contributed by atoms with Gasteiger partial charge in [-0.2, -0.15) is 0 Å². The number of ether oxygens (including phenoxy) is 1. The van der Waals surface area contributed by atoms with Crippen LogP contribution in [0.3, 0.4) is 0 Å². The van der Waals surface area contributed by atoms with Crippen LogP contribution in [0.15, 0.2) is 47.6 Å². The Morgan fingerprint density at radius 2 is 1.91 bits per heavy atom. The summed E-state index contributed by atoms with van der Waals surface area (Å²) in [5.41, 5.74) is 2.12. The maximum Gasteiger partial charge on any atom is 0.316 e. The van der Waals surface area contributed by atoms with Gasteiger partial charge in [0.15, 0.2) is 0 Å². The van der Waals surface area contributed by atoms with Gasteiger partial charge in [-0.15, -0.1) is 0 Å². The summed E-state index contributed by atoms with van der Waals surface area (Å²) in [5, 5.41) is 10.8. The minimum absolute atomic E-state index is 0.0377. The Labute approximate surface area is 135 Å². The number of benzene rings is 1.